The summed E-state index contributed by atoms with van der Waals surface area (Å²) in [6.07, 6.45) is 2.62. The topological polar surface area (TPSA) is 52.6 Å². The smallest absolute Gasteiger partial charge is 0.251 e. The lowest BCUT2D eigenvalue weighted by molar-refractivity contribution is 0.0813. The first-order valence-electron chi connectivity index (χ1n) is 10.1. The summed E-state index contributed by atoms with van der Waals surface area (Å²) in [5, 5.41) is 14.6. The maximum atomic E-state index is 12.5. The van der Waals surface area contributed by atoms with Crippen LogP contribution in [0, 0.1) is 12.3 Å². The van der Waals surface area contributed by atoms with Crippen LogP contribution in [0.25, 0.3) is 0 Å². The first kappa shape index (κ1) is 20.7. The number of aliphatic hydroxyl groups excluding tert-OH is 1. The molecule has 1 spiro atoms. The fourth-order valence-electron chi connectivity index (χ4n) is 4.35. The number of carbonyl (C=O) groups excluding carboxylic acids is 1. The highest BCUT2D eigenvalue weighted by atomic mass is 35.5. The maximum Gasteiger partial charge on any atom is 0.251 e. The van der Waals surface area contributed by atoms with Gasteiger partial charge in [0.05, 0.1) is 6.10 Å². The number of carbonyl (C=O) groups is 1. The van der Waals surface area contributed by atoms with Crippen molar-refractivity contribution in [2.45, 2.75) is 38.3 Å². The number of nitrogens with zero attached hydrogens (tertiary/aromatic N) is 1. The Bertz CT molecular complexity index is 872. The zero-order chi connectivity index (χ0) is 20.6. The molecule has 6 heteroatoms. The van der Waals surface area contributed by atoms with E-state index in [0.29, 0.717) is 22.2 Å². The number of rotatable bonds is 5. The van der Waals surface area contributed by atoms with Gasteiger partial charge in [0.25, 0.3) is 5.91 Å². The molecule has 2 fully saturated rings. The second-order valence-electron chi connectivity index (χ2n) is 8.48. The second kappa shape index (κ2) is 8.27. The Balaban J connectivity index is 1.27. The highest BCUT2D eigenvalue weighted by Crippen LogP contribution is 2.54. The number of hydrogen-bond donors (Lipinski definition) is 2. The maximum absolute atomic E-state index is 12.5. The molecule has 2 aromatic carbocycles. The Morgan fingerprint density at radius 3 is 2.41 bits per heavy atom. The van der Waals surface area contributed by atoms with E-state index in [0.717, 1.165) is 37.9 Å². The van der Waals surface area contributed by atoms with Gasteiger partial charge >= 0.3 is 0 Å². The largest absolute Gasteiger partial charge is 0.387 e. The Morgan fingerprint density at radius 1 is 1.17 bits per heavy atom. The third kappa shape index (κ3) is 4.77. The minimum Gasteiger partial charge on any atom is -0.387 e. The molecule has 1 saturated heterocycles. The number of hydrogen-bond acceptors (Lipinski definition) is 3. The molecule has 2 atom stereocenters. The van der Waals surface area contributed by atoms with Crippen LogP contribution in [0.15, 0.2) is 42.5 Å². The highest BCUT2D eigenvalue weighted by Gasteiger charge is 2.55. The van der Waals surface area contributed by atoms with Crippen molar-refractivity contribution in [1.29, 1.82) is 0 Å². The Kier molecular flexibility index (Phi) is 5.90. The number of amides is 1. The normalized spacial score (nSPS) is 21.7. The predicted molar refractivity (Wildman–Crippen MR) is 117 cm³/mol. The average molecular weight is 433 g/mol. The molecule has 2 unspecified atom stereocenters. The molecule has 1 aliphatic carbocycles. The van der Waals surface area contributed by atoms with Crippen LogP contribution in [0.1, 0.15) is 46.9 Å². The third-order valence-electron chi connectivity index (χ3n) is 6.36. The quantitative estimate of drug-likeness (QED) is 0.724. The molecule has 29 heavy (non-hydrogen) atoms. The number of β-amino-alcohol motifs (C(OH)–C–C–N with tert-alkyl or cyclic N) is 1. The number of halogens is 2. The van der Waals surface area contributed by atoms with Crippen molar-refractivity contribution < 1.29 is 9.90 Å². The minimum atomic E-state index is -0.466. The third-order valence-corrected chi connectivity index (χ3v) is 6.80. The molecule has 0 radical (unpaired) electrons. The van der Waals surface area contributed by atoms with Crippen molar-refractivity contribution in [3.63, 3.8) is 0 Å². The number of benzene rings is 2. The molecular weight excluding hydrogens is 407 g/mol. The van der Waals surface area contributed by atoms with Gasteiger partial charge in [0, 0.05) is 28.2 Å². The molecule has 4 rings (SSSR count). The van der Waals surface area contributed by atoms with Crippen LogP contribution in [0.3, 0.4) is 0 Å². The lowest BCUT2D eigenvalue weighted by atomic mass is 9.92. The molecule has 1 heterocycles. The number of likely N-dealkylation sites (tertiary alicyclic amines) is 1. The van der Waals surface area contributed by atoms with Crippen LogP contribution in [0.2, 0.25) is 10.0 Å². The van der Waals surface area contributed by atoms with Gasteiger partial charge in [-0.1, -0.05) is 53.0 Å². The van der Waals surface area contributed by atoms with E-state index >= 15 is 0 Å². The molecule has 1 saturated carbocycles. The van der Waals surface area contributed by atoms with Crippen molar-refractivity contribution in [3.8, 4) is 0 Å². The van der Waals surface area contributed by atoms with Crippen molar-refractivity contribution >= 4 is 29.1 Å². The van der Waals surface area contributed by atoms with Crippen LogP contribution in [-0.4, -0.2) is 41.6 Å². The zero-order valence-corrected chi connectivity index (χ0v) is 18.0. The van der Waals surface area contributed by atoms with Gasteiger partial charge < -0.3 is 15.3 Å². The summed E-state index contributed by atoms with van der Waals surface area (Å²) in [5.41, 5.74) is 2.86. The van der Waals surface area contributed by atoms with Gasteiger partial charge in [-0.3, -0.25) is 4.79 Å². The summed E-state index contributed by atoms with van der Waals surface area (Å²) in [6, 6.07) is 13.2. The van der Waals surface area contributed by atoms with Gasteiger partial charge in [0.2, 0.25) is 0 Å². The fourth-order valence-corrected chi connectivity index (χ4v) is 4.88. The number of piperidine rings is 1. The fraction of sp³-hybridized carbons (Fsp3) is 0.435. The van der Waals surface area contributed by atoms with Crippen molar-refractivity contribution in [1.82, 2.24) is 10.2 Å². The summed E-state index contributed by atoms with van der Waals surface area (Å²) in [5.74, 6) is -0.117. The van der Waals surface area contributed by atoms with E-state index in [4.69, 9.17) is 23.2 Å². The van der Waals surface area contributed by atoms with E-state index in [1.165, 1.54) is 5.56 Å². The van der Waals surface area contributed by atoms with Crippen LogP contribution >= 0.6 is 23.2 Å². The Morgan fingerprint density at radius 2 is 1.79 bits per heavy atom. The van der Waals surface area contributed by atoms with Gasteiger partial charge in [-0.2, -0.15) is 0 Å². The van der Waals surface area contributed by atoms with Gasteiger partial charge in [0.1, 0.15) is 0 Å². The lowest BCUT2D eigenvalue weighted by Crippen LogP contribution is -2.40. The number of aliphatic hydroxyl groups is 1. The van der Waals surface area contributed by atoms with Crippen molar-refractivity contribution in [3.05, 3.63) is 69.2 Å². The number of nitrogens with one attached hydrogen (secondary N) is 1. The average Bonchev–Trinajstić information content (AvgIpc) is 3.34. The molecule has 2 aliphatic rings. The highest BCUT2D eigenvalue weighted by molar-refractivity contribution is 6.35. The summed E-state index contributed by atoms with van der Waals surface area (Å²) in [4.78, 5) is 14.9. The van der Waals surface area contributed by atoms with Crippen LogP contribution < -0.4 is 5.32 Å². The van der Waals surface area contributed by atoms with Crippen LogP contribution in [-0.2, 0) is 0 Å². The van der Waals surface area contributed by atoms with Gasteiger partial charge in [0.15, 0.2) is 0 Å². The van der Waals surface area contributed by atoms with Crippen LogP contribution in [0.5, 0.6) is 0 Å². The summed E-state index contributed by atoms with van der Waals surface area (Å²) in [7, 11) is 0. The molecule has 1 aliphatic heterocycles. The molecule has 2 aromatic rings. The molecule has 0 aromatic heterocycles. The first-order valence-corrected chi connectivity index (χ1v) is 10.8. The van der Waals surface area contributed by atoms with Gasteiger partial charge in [-0.05, 0) is 68.5 Å². The molecule has 1 amide bonds. The molecule has 4 nitrogen and oxygen atoms in total. The van der Waals surface area contributed by atoms with Crippen molar-refractivity contribution in [2.24, 2.45) is 5.41 Å². The van der Waals surface area contributed by atoms with Gasteiger partial charge in [-0.25, -0.2) is 0 Å². The minimum absolute atomic E-state index is 0.117. The predicted octanol–water partition coefficient (Wildman–Crippen LogP) is 4.62. The van der Waals surface area contributed by atoms with Gasteiger partial charge in [-0.15, -0.1) is 0 Å². The van der Waals surface area contributed by atoms with E-state index in [1.54, 1.807) is 18.2 Å². The Labute approximate surface area is 181 Å². The molecule has 154 valence electrons. The first-order chi connectivity index (χ1) is 13.8. The standard InChI is InChI=1S/C23H26Cl2N2O2/c1-15-2-4-16(5-3-15)20(28)14-27-8-6-23(7-9-27)13-21(23)26-22(29)17-10-18(24)12-19(25)11-17/h2-5,10-12,20-21,28H,6-9,13-14H2,1H3,(H,26,29). The van der Waals surface area contributed by atoms with E-state index in [-0.39, 0.29) is 17.4 Å². The van der Waals surface area contributed by atoms with E-state index < -0.39 is 6.10 Å². The Hall–Kier alpha value is -1.59. The second-order valence-corrected chi connectivity index (χ2v) is 9.35. The molecule has 0 bridgehead atoms. The number of aryl methyl sites for hydroxylation is 1. The van der Waals surface area contributed by atoms with E-state index in [9.17, 15) is 9.90 Å². The zero-order valence-electron chi connectivity index (χ0n) is 16.5. The summed E-state index contributed by atoms with van der Waals surface area (Å²) in [6.45, 7) is 4.58. The van der Waals surface area contributed by atoms with Crippen molar-refractivity contribution in [2.75, 3.05) is 19.6 Å². The molecule has 2 N–H and O–H groups in total. The lowest BCUT2D eigenvalue weighted by Gasteiger charge is -2.34. The monoisotopic (exact) mass is 432 g/mol. The van der Waals surface area contributed by atoms with Crippen LogP contribution in [0.4, 0.5) is 0 Å². The van der Waals surface area contributed by atoms with E-state index in [2.05, 4.69) is 10.2 Å². The van der Waals surface area contributed by atoms with E-state index in [1.807, 2.05) is 31.2 Å². The molecular formula is C23H26Cl2N2O2. The summed E-state index contributed by atoms with van der Waals surface area (Å²) < 4.78 is 0. The summed E-state index contributed by atoms with van der Waals surface area (Å²) >= 11 is 12.0. The SMILES string of the molecule is Cc1ccc(C(O)CN2CCC3(CC2)CC3NC(=O)c2cc(Cl)cc(Cl)c2)cc1.